The van der Waals surface area contributed by atoms with E-state index in [-0.39, 0.29) is 22.0 Å². The van der Waals surface area contributed by atoms with Gasteiger partial charge < -0.3 is 9.15 Å². The molecule has 2 bridgehead atoms. The Bertz CT molecular complexity index is 750. The van der Waals surface area contributed by atoms with Crippen molar-refractivity contribution < 1.29 is 22.4 Å². The van der Waals surface area contributed by atoms with Crippen LogP contribution in [0.3, 0.4) is 0 Å². The summed E-state index contributed by atoms with van der Waals surface area (Å²) in [6, 6.07) is 1.39. The van der Waals surface area contributed by atoms with E-state index in [1.165, 1.54) is 13.0 Å². The van der Waals surface area contributed by atoms with Gasteiger partial charge in [-0.05, 0) is 6.92 Å². The van der Waals surface area contributed by atoms with Crippen LogP contribution < -0.4 is 4.74 Å². The van der Waals surface area contributed by atoms with Gasteiger partial charge in [0.2, 0.25) is 0 Å². The molecule has 2 aromatic rings. The van der Waals surface area contributed by atoms with Gasteiger partial charge in [0.1, 0.15) is 4.90 Å². The van der Waals surface area contributed by atoms with Crippen molar-refractivity contribution >= 4 is 27.0 Å². The van der Waals surface area contributed by atoms with Gasteiger partial charge in [-0.15, -0.1) is 0 Å². The van der Waals surface area contributed by atoms with Crippen molar-refractivity contribution in [2.75, 3.05) is 0 Å². The van der Waals surface area contributed by atoms with Gasteiger partial charge in [0, 0.05) is 11.6 Å². The zero-order valence-corrected chi connectivity index (χ0v) is 9.76. The third-order valence-corrected chi connectivity index (χ3v) is 4.32. The van der Waals surface area contributed by atoms with Crippen LogP contribution in [0.1, 0.15) is 12.5 Å². The number of carbonyl (C=O) groups excluding carboxylic acids is 1. The zero-order chi connectivity index (χ0) is 12.4. The minimum Gasteiger partial charge on any atom is -0.452 e. The molecule has 5 nitrogen and oxygen atoms in total. The fourth-order valence-electron chi connectivity index (χ4n) is 1.87. The standard InChI is InChI=1S/C11H8O5S/c1-5(2)11(12)16-9-6-4-17(13,14)8-3-7(9)15-10(6)8/h3H,1,4H2,2H3. The third kappa shape index (κ3) is 1.24. The first kappa shape index (κ1) is 10.3. The Kier molecular flexibility index (Phi) is 1.76. The molecule has 0 aromatic carbocycles. The van der Waals surface area contributed by atoms with Crippen LogP contribution in [0.4, 0.5) is 0 Å². The average molecular weight is 252 g/mol. The van der Waals surface area contributed by atoms with Gasteiger partial charge in [-0.25, -0.2) is 13.2 Å². The second-order valence-electron chi connectivity index (χ2n) is 4.04. The molecule has 0 fully saturated rings. The zero-order valence-electron chi connectivity index (χ0n) is 8.94. The molecule has 6 heteroatoms. The highest BCUT2D eigenvalue weighted by molar-refractivity contribution is 7.91. The Balaban J connectivity index is 2.11. The van der Waals surface area contributed by atoms with Crippen LogP contribution in [-0.4, -0.2) is 14.4 Å². The van der Waals surface area contributed by atoms with Crippen LogP contribution in [0, 0.1) is 0 Å². The van der Waals surface area contributed by atoms with E-state index in [1.807, 2.05) is 0 Å². The fourth-order valence-corrected chi connectivity index (χ4v) is 3.40. The summed E-state index contributed by atoms with van der Waals surface area (Å²) in [5.41, 5.74) is 1.29. The van der Waals surface area contributed by atoms with E-state index in [1.54, 1.807) is 0 Å². The van der Waals surface area contributed by atoms with Crippen LogP contribution in [0.25, 0.3) is 11.2 Å². The number of rotatable bonds is 2. The molecule has 17 heavy (non-hydrogen) atoms. The number of furan rings is 2. The number of fused-ring (bicyclic) bond motifs is 1. The van der Waals surface area contributed by atoms with Gasteiger partial charge in [0.15, 0.2) is 26.8 Å². The highest BCUT2D eigenvalue weighted by Crippen LogP contribution is 2.47. The Morgan fingerprint density at radius 3 is 2.88 bits per heavy atom. The molecule has 0 aliphatic carbocycles. The van der Waals surface area contributed by atoms with E-state index in [0.29, 0.717) is 16.7 Å². The monoisotopic (exact) mass is 252 g/mol. The average Bonchev–Trinajstić information content (AvgIpc) is 2.81. The molecule has 3 rings (SSSR count). The predicted octanol–water partition coefficient (Wildman–Crippen LogP) is 1.64. The van der Waals surface area contributed by atoms with Crippen molar-refractivity contribution in [3.63, 3.8) is 0 Å². The van der Waals surface area contributed by atoms with Crippen molar-refractivity contribution in [2.45, 2.75) is 17.6 Å². The molecule has 2 aromatic heterocycles. The summed E-state index contributed by atoms with van der Waals surface area (Å²) in [4.78, 5) is 11.6. The second-order valence-corrected chi connectivity index (χ2v) is 6.00. The van der Waals surface area contributed by atoms with Crippen LogP contribution in [0.15, 0.2) is 27.5 Å². The van der Waals surface area contributed by atoms with Gasteiger partial charge >= 0.3 is 5.97 Å². The molecule has 1 aliphatic heterocycles. The number of ether oxygens (including phenoxy) is 1. The lowest BCUT2D eigenvalue weighted by molar-refractivity contribution is -0.130. The molecule has 0 saturated heterocycles. The van der Waals surface area contributed by atoms with Crippen LogP contribution in [0.2, 0.25) is 0 Å². The van der Waals surface area contributed by atoms with Gasteiger partial charge in [-0.1, -0.05) is 6.58 Å². The lowest BCUT2D eigenvalue weighted by Crippen LogP contribution is -2.09. The van der Waals surface area contributed by atoms with Crippen molar-refractivity contribution in [1.82, 2.24) is 0 Å². The summed E-state index contributed by atoms with van der Waals surface area (Å²) in [5, 5.41) is 0. The molecule has 0 radical (unpaired) electrons. The van der Waals surface area contributed by atoms with Crippen molar-refractivity contribution in [1.29, 1.82) is 0 Å². The van der Waals surface area contributed by atoms with E-state index in [0.717, 1.165) is 0 Å². The maximum atomic E-state index is 11.7. The van der Waals surface area contributed by atoms with Crippen LogP contribution >= 0.6 is 0 Å². The summed E-state index contributed by atoms with van der Waals surface area (Å²) in [6.07, 6.45) is 0. The summed E-state index contributed by atoms with van der Waals surface area (Å²) in [5.74, 6) is -0.551. The molecule has 3 heterocycles. The van der Waals surface area contributed by atoms with E-state index < -0.39 is 15.8 Å². The Morgan fingerprint density at radius 1 is 1.53 bits per heavy atom. The van der Waals surface area contributed by atoms with E-state index in [4.69, 9.17) is 9.15 Å². The number of hydrogen-bond acceptors (Lipinski definition) is 5. The Hall–Kier alpha value is -1.82. The van der Waals surface area contributed by atoms with Crippen LogP contribution in [0.5, 0.6) is 5.75 Å². The number of benzene rings is 1. The van der Waals surface area contributed by atoms with Gasteiger partial charge in [0.05, 0.1) is 11.3 Å². The molecule has 0 saturated carbocycles. The third-order valence-electron chi connectivity index (χ3n) is 2.68. The molecule has 88 valence electrons. The maximum Gasteiger partial charge on any atom is 0.338 e. The first-order chi connectivity index (χ1) is 7.90. The van der Waals surface area contributed by atoms with E-state index >= 15 is 0 Å². The van der Waals surface area contributed by atoms with E-state index in [2.05, 4.69) is 6.58 Å². The summed E-state index contributed by atoms with van der Waals surface area (Å²) >= 11 is 0. The number of carbonyl (C=O) groups is 1. The van der Waals surface area contributed by atoms with Gasteiger partial charge in [-0.2, -0.15) is 0 Å². The number of sulfone groups is 1. The smallest absolute Gasteiger partial charge is 0.338 e. The molecular weight excluding hydrogens is 244 g/mol. The molecule has 0 spiro atoms. The largest absolute Gasteiger partial charge is 0.452 e. The molecule has 0 N–H and O–H groups in total. The SMILES string of the molecule is C=C(C)C(=O)Oc1c2c3oc1cc3S(=O)(=O)C2. The molecule has 1 aliphatic rings. The highest BCUT2D eigenvalue weighted by Gasteiger charge is 2.38. The molecule has 0 unspecified atom stereocenters. The summed E-state index contributed by atoms with van der Waals surface area (Å²) < 4.78 is 33.7. The fraction of sp³-hybridized carbons (Fsp3) is 0.182. The van der Waals surface area contributed by atoms with Crippen molar-refractivity contribution in [3.8, 4) is 5.75 Å². The molecule has 0 amide bonds. The first-order valence-corrected chi connectivity index (χ1v) is 6.53. The Morgan fingerprint density at radius 2 is 2.24 bits per heavy atom. The number of esters is 1. The van der Waals surface area contributed by atoms with Crippen molar-refractivity contribution in [2.24, 2.45) is 0 Å². The number of hydrogen-bond donors (Lipinski definition) is 0. The molecule has 0 atom stereocenters. The first-order valence-electron chi connectivity index (χ1n) is 4.88. The Labute approximate surface area is 96.9 Å². The quantitative estimate of drug-likeness (QED) is 0.461. The summed E-state index contributed by atoms with van der Waals surface area (Å²) in [6.45, 7) is 4.98. The lowest BCUT2D eigenvalue weighted by atomic mass is 10.2. The van der Waals surface area contributed by atoms with Crippen LogP contribution in [-0.2, 0) is 20.4 Å². The summed E-state index contributed by atoms with van der Waals surface area (Å²) in [7, 11) is -3.31. The predicted molar refractivity (Wildman–Crippen MR) is 58.7 cm³/mol. The maximum absolute atomic E-state index is 11.7. The normalized spacial score (nSPS) is 16.5. The van der Waals surface area contributed by atoms with Gasteiger partial charge in [-0.3, -0.25) is 0 Å². The van der Waals surface area contributed by atoms with Gasteiger partial charge in [0.25, 0.3) is 0 Å². The topological polar surface area (TPSA) is 73.6 Å². The van der Waals surface area contributed by atoms with Crippen molar-refractivity contribution in [3.05, 3.63) is 23.8 Å². The molecular formula is C11H8O5S. The highest BCUT2D eigenvalue weighted by atomic mass is 32.2. The minimum atomic E-state index is -3.31. The lowest BCUT2D eigenvalue weighted by Gasteiger charge is -2.02. The minimum absolute atomic E-state index is 0.170. The second kappa shape index (κ2) is 2.89. The van der Waals surface area contributed by atoms with E-state index in [9.17, 15) is 13.2 Å².